The summed E-state index contributed by atoms with van der Waals surface area (Å²) in [4.78, 5) is 26.2. The minimum atomic E-state index is -1.16. The molecule has 0 fully saturated rings. The highest BCUT2D eigenvalue weighted by Crippen LogP contribution is 2.50. The average Bonchev–Trinajstić information content (AvgIpc) is 2.69. The lowest BCUT2D eigenvalue weighted by Gasteiger charge is -2.40. The van der Waals surface area contributed by atoms with Crippen LogP contribution in [-0.4, -0.2) is 18.4 Å². The van der Waals surface area contributed by atoms with Crippen molar-refractivity contribution in [1.82, 2.24) is 0 Å². The summed E-state index contributed by atoms with van der Waals surface area (Å²) in [6.07, 6.45) is 2.70. The summed E-state index contributed by atoms with van der Waals surface area (Å²) < 4.78 is 5.35. The summed E-state index contributed by atoms with van der Waals surface area (Å²) in [5.74, 6) is -0.803. The number of ketones is 1. The van der Waals surface area contributed by atoms with E-state index in [0.717, 1.165) is 16.7 Å². The number of esters is 1. The van der Waals surface area contributed by atoms with E-state index in [1.54, 1.807) is 13.0 Å². The van der Waals surface area contributed by atoms with E-state index in [1.807, 2.05) is 67.6 Å². The van der Waals surface area contributed by atoms with E-state index in [0.29, 0.717) is 12.8 Å². The minimum Gasteiger partial charge on any atom is -0.465 e. The third-order valence-electron chi connectivity index (χ3n) is 5.31. The summed E-state index contributed by atoms with van der Waals surface area (Å²) >= 11 is 0. The molecule has 3 rings (SSSR count). The molecule has 0 saturated heterocycles. The fourth-order valence-corrected chi connectivity index (χ4v) is 3.92. The number of carbonyl (C=O) groups excluding carboxylic acids is 2. The van der Waals surface area contributed by atoms with Crippen molar-refractivity contribution in [3.05, 3.63) is 77.9 Å². The third-order valence-corrected chi connectivity index (χ3v) is 5.31. The summed E-state index contributed by atoms with van der Waals surface area (Å²) in [6, 6.07) is 19.7. The molecule has 134 valence electrons. The van der Waals surface area contributed by atoms with Crippen molar-refractivity contribution in [2.75, 3.05) is 6.61 Å². The van der Waals surface area contributed by atoms with Crippen LogP contribution in [0.3, 0.4) is 0 Å². The normalized spacial score (nSPS) is 22.6. The van der Waals surface area contributed by atoms with Crippen molar-refractivity contribution in [3.63, 3.8) is 0 Å². The summed E-state index contributed by atoms with van der Waals surface area (Å²) in [5, 5.41) is 0. The SMILES string of the molecule is CCOC(=O)C1(CC)C(=O)C=C(c2ccccc2)CC1c1ccccc1. The third kappa shape index (κ3) is 3.10. The summed E-state index contributed by atoms with van der Waals surface area (Å²) in [5.41, 5.74) is 1.83. The van der Waals surface area contributed by atoms with E-state index in [1.165, 1.54) is 0 Å². The van der Waals surface area contributed by atoms with Crippen LogP contribution in [-0.2, 0) is 14.3 Å². The van der Waals surface area contributed by atoms with Gasteiger partial charge in [-0.25, -0.2) is 0 Å². The van der Waals surface area contributed by atoms with Crippen LogP contribution in [0, 0.1) is 5.41 Å². The van der Waals surface area contributed by atoms with Gasteiger partial charge in [-0.1, -0.05) is 67.6 Å². The Hall–Kier alpha value is -2.68. The molecule has 26 heavy (non-hydrogen) atoms. The molecular weight excluding hydrogens is 324 g/mol. The quantitative estimate of drug-likeness (QED) is 0.576. The largest absolute Gasteiger partial charge is 0.465 e. The molecule has 0 amide bonds. The zero-order chi connectivity index (χ0) is 18.6. The number of benzene rings is 2. The lowest BCUT2D eigenvalue weighted by atomic mass is 9.61. The smallest absolute Gasteiger partial charge is 0.320 e. The van der Waals surface area contributed by atoms with Gasteiger partial charge in [0, 0.05) is 5.92 Å². The van der Waals surface area contributed by atoms with Gasteiger partial charge in [0.05, 0.1) is 6.61 Å². The van der Waals surface area contributed by atoms with E-state index in [2.05, 4.69) is 0 Å². The lowest BCUT2D eigenvalue weighted by Crippen LogP contribution is -2.46. The van der Waals surface area contributed by atoms with Gasteiger partial charge in [-0.2, -0.15) is 0 Å². The Labute approximate surface area is 154 Å². The van der Waals surface area contributed by atoms with Gasteiger partial charge >= 0.3 is 5.97 Å². The highest BCUT2D eigenvalue weighted by atomic mass is 16.5. The van der Waals surface area contributed by atoms with E-state index < -0.39 is 11.4 Å². The maximum atomic E-state index is 13.3. The zero-order valence-corrected chi connectivity index (χ0v) is 15.3. The highest BCUT2D eigenvalue weighted by Gasteiger charge is 2.53. The zero-order valence-electron chi connectivity index (χ0n) is 15.3. The first-order valence-electron chi connectivity index (χ1n) is 9.16. The molecule has 1 aliphatic rings. The van der Waals surface area contributed by atoms with Crippen molar-refractivity contribution in [1.29, 1.82) is 0 Å². The Balaban J connectivity index is 2.13. The average molecular weight is 348 g/mol. The molecular formula is C23H24O3. The molecule has 0 heterocycles. The van der Waals surface area contributed by atoms with Crippen molar-refractivity contribution in [2.24, 2.45) is 5.41 Å². The molecule has 3 heteroatoms. The van der Waals surface area contributed by atoms with Gasteiger partial charge in [-0.05, 0) is 42.5 Å². The molecule has 0 spiro atoms. The first-order valence-corrected chi connectivity index (χ1v) is 9.16. The van der Waals surface area contributed by atoms with Gasteiger partial charge in [-0.15, -0.1) is 0 Å². The van der Waals surface area contributed by atoms with Crippen LogP contribution in [0.15, 0.2) is 66.7 Å². The van der Waals surface area contributed by atoms with Gasteiger partial charge in [0.15, 0.2) is 5.78 Å². The predicted molar refractivity (Wildman–Crippen MR) is 103 cm³/mol. The van der Waals surface area contributed by atoms with Gasteiger partial charge < -0.3 is 4.74 Å². The second-order valence-electron chi connectivity index (χ2n) is 6.61. The van der Waals surface area contributed by atoms with Crippen molar-refractivity contribution in [3.8, 4) is 0 Å². The predicted octanol–water partition coefficient (Wildman–Crippen LogP) is 4.79. The van der Waals surface area contributed by atoms with E-state index in [4.69, 9.17) is 4.74 Å². The first-order chi connectivity index (χ1) is 12.6. The monoisotopic (exact) mass is 348 g/mol. The Morgan fingerprint density at radius 3 is 2.23 bits per heavy atom. The van der Waals surface area contributed by atoms with Gasteiger partial charge in [-0.3, -0.25) is 9.59 Å². The maximum Gasteiger partial charge on any atom is 0.320 e. The number of rotatable bonds is 5. The Kier molecular flexibility index (Phi) is 5.36. The number of allylic oxidation sites excluding steroid dienone is 2. The Morgan fingerprint density at radius 2 is 1.65 bits per heavy atom. The molecule has 1 aliphatic carbocycles. The van der Waals surface area contributed by atoms with E-state index in [9.17, 15) is 9.59 Å². The molecule has 2 aromatic rings. The molecule has 3 nitrogen and oxygen atoms in total. The van der Waals surface area contributed by atoms with Crippen LogP contribution in [0.25, 0.3) is 5.57 Å². The molecule has 0 aliphatic heterocycles. The Morgan fingerprint density at radius 1 is 1.04 bits per heavy atom. The molecule has 0 aromatic heterocycles. The molecule has 2 aromatic carbocycles. The van der Waals surface area contributed by atoms with Crippen molar-refractivity contribution < 1.29 is 14.3 Å². The van der Waals surface area contributed by atoms with E-state index in [-0.39, 0.29) is 18.3 Å². The number of ether oxygens (including phenoxy) is 1. The topological polar surface area (TPSA) is 43.4 Å². The Bertz CT molecular complexity index is 808. The van der Waals surface area contributed by atoms with Crippen LogP contribution >= 0.6 is 0 Å². The highest BCUT2D eigenvalue weighted by molar-refractivity contribution is 6.14. The van der Waals surface area contributed by atoms with Crippen molar-refractivity contribution in [2.45, 2.75) is 32.6 Å². The second kappa shape index (κ2) is 7.69. The second-order valence-corrected chi connectivity index (χ2v) is 6.61. The van der Waals surface area contributed by atoms with Crippen molar-refractivity contribution >= 4 is 17.3 Å². The maximum absolute atomic E-state index is 13.3. The van der Waals surface area contributed by atoms with Crippen LogP contribution in [0.2, 0.25) is 0 Å². The van der Waals surface area contributed by atoms with Crippen LogP contribution in [0.5, 0.6) is 0 Å². The van der Waals surface area contributed by atoms with Crippen LogP contribution in [0.4, 0.5) is 0 Å². The summed E-state index contributed by atoms with van der Waals surface area (Å²) in [6.45, 7) is 3.94. The standard InChI is InChI=1S/C23H24O3/c1-3-23(22(25)26-4-2)20(18-13-9-6-10-14-18)15-19(16-21(23)24)17-11-7-5-8-12-17/h5-14,16,20H,3-4,15H2,1-2H3. The molecule has 0 bridgehead atoms. The van der Waals surface area contributed by atoms with Gasteiger partial charge in [0.25, 0.3) is 0 Å². The molecule has 2 atom stereocenters. The minimum absolute atomic E-state index is 0.155. The molecule has 0 radical (unpaired) electrons. The number of carbonyl (C=O) groups is 2. The fourth-order valence-electron chi connectivity index (χ4n) is 3.92. The molecule has 0 saturated carbocycles. The van der Waals surface area contributed by atoms with Gasteiger partial charge in [0.2, 0.25) is 0 Å². The fraction of sp³-hybridized carbons (Fsp3) is 0.304. The lowest BCUT2D eigenvalue weighted by molar-refractivity contribution is -0.161. The summed E-state index contributed by atoms with van der Waals surface area (Å²) in [7, 11) is 0. The van der Waals surface area contributed by atoms with Crippen LogP contribution in [0.1, 0.15) is 43.7 Å². The van der Waals surface area contributed by atoms with Crippen LogP contribution < -0.4 is 0 Å². The first kappa shape index (κ1) is 18.1. The molecule has 0 N–H and O–H groups in total. The van der Waals surface area contributed by atoms with Gasteiger partial charge in [0.1, 0.15) is 5.41 Å². The van der Waals surface area contributed by atoms with E-state index >= 15 is 0 Å². The number of hydrogen-bond donors (Lipinski definition) is 0. The molecule has 2 unspecified atom stereocenters. The number of hydrogen-bond acceptors (Lipinski definition) is 3.